The minimum absolute atomic E-state index is 0.0562. The highest BCUT2D eigenvalue weighted by Gasteiger charge is 2.28. The number of nitrogens with two attached hydrogens (primary N) is 1. The van der Waals surface area contributed by atoms with Crippen LogP contribution in [0.1, 0.15) is 43.6 Å². The molecule has 1 amide bonds. The van der Waals surface area contributed by atoms with Crippen LogP contribution in [0.25, 0.3) is 0 Å². The zero-order valence-electron chi connectivity index (χ0n) is 11.8. The molecule has 1 aromatic carbocycles. The number of carbonyl (C=O) groups excluding carboxylic acids is 1. The molecular formula is C15H24N2O. The molecule has 1 atom stereocenters. The van der Waals surface area contributed by atoms with E-state index in [0.717, 1.165) is 6.42 Å². The maximum atomic E-state index is 12.2. The topological polar surface area (TPSA) is 55.1 Å². The number of carbonyl (C=O) groups is 1. The lowest BCUT2D eigenvalue weighted by Crippen LogP contribution is -2.55. The molecule has 0 aliphatic rings. The summed E-state index contributed by atoms with van der Waals surface area (Å²) in [5.74, 6) is 0.237. The standard InChI is InChI=1S/C15H24N2O/c1-5-12-6-8-13(9-7-12)14(18)17-15(4,10-16)11(2)3/h6-9,11H,5,10,16H2,1-4H3,(H,17,18). The van der Waals surface area contributed by atoms with E-state index in [1.165, 1.54) is 5.56 Å². The van der Waals surface area contributed by atoms with Crippen LogP contribution in [0.4, 0.5) is 0 Å². The van der Waals surface area contributed by atoms with Gasteiger partial charge in [-0.3, -0.25) is 4.79 Å². The molecule has 0 aliphatic heterocycles. The van der Waals surface area contributed by atoms with Gasteiger partial charge in [0, 0.05) is 12.1 Å². The minimum atomic E-state index is -0.361. The molecule has 0 aliphatic carbocycles. The lowest BCUT2D eigenvalue weighted by Gasteiger charge is -2.33. The van der Waals surface area contributed by atoms with Gasteiger partial charge in [0.25, 0.3) is 5.91 Å². The lowest BCUT2D eigenvalue weighted by molar-refractivity contribution is 0.0883. The molecule has 0 saturated heterocycles. The monoisotopic (exact) mass is 248 g/mol. The van der Waals surface area contributed by atoms with Crippen LogP contribution < -0.4 is 11.1 Å². The molecule has 0 aromatic heterocycles. The number of amides is 1. The van der Waals surface area contributed by atoms with E-state index >= 15 is 0 Å². The van der Waals surface area contributed by atoms with Crippen molar-refractivity contribution in [2.45, 2.75) is 39.7 Å². The fourth-order valence-corrected chi connectivity index (χ4v) is 1.65. The summed E-state index contributed by atoms with van der Waals surface area (Å²) in [7, 11) is 0. The first kappa shape index (κ1) is 14.7. The Morgan fingerprint density at radius 3 is 2.28 bits per heavy atom. The molecule has 3 heteroatoms. The Labute approximate surface area is 110 Å². The second-order valence-electron chi connectivity index (χ2n) is 5.28. The van der Waals surface area contributed by atoms with E-state index in [4.69, 9.17) is 5.73 Å². The van der Waals surface area contributed by atoms with Gasteiger partial charge in [-0.2, -0.15) is 0 Å². The predicted octanol–water partition coefficient (Wildman–Crippen LogP) is 2.35. The van der Waals surface area contributed by atoms with E-state index in [9.17, 15) is 4.79 Å². The van der Waals surface area contributed by atoms with Gasteiger partial charge in [-0.1, -0.05) is 32.9 Å². The highest BCUT2D eigenvalue weighted by Crippen LogP contribution is 2.16. The Balaban J connectivity index is 2.81. The van der Waals surface area contributed by atoms with Gasteiger partial charge in [0.2, 0.25) is 0 Å². The second-order valence-corrected chi connectivity index (χ2v) is 5.28. The average Bonchev–Trinajstić information content (AvgIpc) is 2.38. The van der Waals surface area contributed by atoms with E-state index in [1.54, 1.807) is 0 Å². The van der Waals surface area contributed by atoms with Crippen molar-refractivity contribution in [3.8, 4) is 0 Å². The molecule has 0 saturated carbocycles. The molecule has 1 unspecified atom stereocenters. The van der Waals surface area contributed by atoms with Crippen LogP contribution >= 0.6 is 0 Å². The van der Waals surface area contributed by atoms with Gasteiger partial charge in [-0.15, -0.1) is 0 Å². The van der Waals surface area contributed by atoms with Crippen LogP contribution in [0.15, 0.2) is 24.3 Å². The first-order valence-corrected chi connectivity index (χ1v) is 6.54. The molecule has 1 rings (SSSR count). The molecule has 100 valence electrons. The summed E-state index contributed by atoms with van der Waals surface area (Å²) in [5, 5.41) is 3.03. The summed E-state index contributed by atoms with van der Waals surface area (Å²) in [4.78, 5) is 12.2. The normalized spacial score (nSPS) is 14.3. The Hall–Kier alpha value is -1.35. The number of benzene rings is 1. The van der Waals surface area contributed by atoms with Gasteiger partial charge in [-0.25, -0.2) is 0 Å². The van der Waals surface area contributed by atoms with Crippen molar-refractivity contribution in [3.05, 3.63) is 35.4 Å². The molecule has 0 fully saturated rings. The van der Waals surface area contributed by atoms with Crippen LogP contribution in [0, 0.1) is 5.92 Å². The Morgan fingerprint density at radius 1 is 1.33 bits per heavy atom. The molecule has 0 spiro atoms. The maximum Gasteiger partial charge on any atom is 0.251 e. The number of hydrogen-bond donors (Lipinski definition) is 2. The maximum absolute atomic E-state index is 12.2. The molecule has 0 radical (unpaired) electrons. The van der Waals surface area contributed by atoms with Crippen molar-refractivity contribution in [1.82, 2.24) is 5.32 Å². The molecule has 3 nitrogen and oxygen atoms in total. The summed E-state index contributed by atoms with van der Waals surface area (Å²) >= 11 is 0. The van der Waals surface area contributed by atoms with E-state index in [1.807, 2.05) is 31.2 Å². The zero-order chi connectivity index (χ0) is 13.8. The van der Waals surface area contributed by atoms with Crippen LogP contribution in [-0.4, -0.2) is 18.0 Å². The van der Waals surface area contributed by atoms with Gasteiger partial charge < -0.3 is 11.1 Å². The Morgan fingerprint density at radius 2 is 1.89 bits per heavy atom. The smallest absolute Gasteiger partial charge is 0.251 e. The highest BCUT2D eigenvalue weighted by atomic mass is 16.1. The third kappa shape index (κ3) is 3.33. The molecule has 0 bridgehead atoms. The summed E-state index contributed by atoms with van der Waals surface area (Å²) in [6.07, 6.45) is 0.981. The van der Waals surface area contributed by atoms with E-state index < -0.39 is 0 Å². The zero-order valence-corrected chi connectivity index (χ0v) is 11.8. The van der Waals surface area contributed by atoms with Crippen molar-refractivity contribution < 1.29 is 4.79 Å². The number of nitrogens with one attached hydrogen (secondary N) is 1. The first-order valence-electron chi connectivity index (χ1n) is 6.54. The van der Waals surface area contributed by atoms with Crippen molar-refractivity contribution in [1.29, 1.82) is 0 Å². The summed E-state index contributed by atoms with van der Waals surface area (Å²) < 4.78 is 0. The fourth-order valence-electron chi connectivity index (χ4n) is 1.65. The van der Waals surface area contributed by atoms with E-state index in [-0.39, 0.29) is 11.4 Å². The average molecular weight is 248 g/mol. The van der Waals surface area contributed by atoms with Crippen molar-refractivity contribution in [2.24, 2.45) is 11.7 Å². The van der Waals surface area contributed by atoms with Crippen molar-refractivity contribution >= 4 is 5.91 Å². The number of aryl methyl sites for hydroxylation is 1. The minimum Gasteiger partial charge on any atom is -0.345 e. The van der Waals surface area contributed by atoms with Crippen molar-refractivity contribution in [3.63, 3.8) is 0 Å². The number of hydrogen-bond acceptors (Lipinski definition) is 2. The highest BCUT2D eigenvalue weighted by molar-refractivity contribution is 5.94. The van der Waals surface area contributed by atoms with Crippen molar-refractivity contribution in [2.75, 3.05) is 6.54 Å². The van der Waals surface area contributed by atoms with Crippen LogP contribution in [0.5, 0.6) is 0 Å². The third-order valence-electron chi connectivity index (χ3n) is 3.72. The largest absolute Gasteiger partial charge is 0.345 e. The van der Waals surface area contributed by atoms with Gasteiger partial charge in [0.15, 0.2) is 0 Å². The van der Waals surface area contributed by atoms with E-state index in [0.29, 0.717) is 18.0 Å². The quantitative estimate of drug-likeness (QED) is 0.840. The van der Waals surface area contributed by atoms with Crippen LogP contribution in [0.2, 0.25) is 0 Å². The lowest BCUT2D eigenvalue weighted by atomic mass is 9.88. The summed E-state index contributed by atoms with van der Waals surface area (Å²) in [6, 6.07) is 7.71. The Kier molecular flexibility index (Phi) is 4.91. The second kappa shape index (κ2) is 6.01. The van der Waals surface area contributed by atoms with Gasteiger partial charge in [0.05, 0.1) is 5.54 Å². The van der Waals surface area contributed by atoms with Gasteiger partial charge in [-0.05, 0) is 37.0 Å². The molecule has 18 heavy (non-hydrogen) atoms. The van der Waals surface area contributed by atoms with Crippen LogP contribution in [-0.2, 0) is 6.42 Å². The van der Waals surface area contributed by atoms with Gasteiger partial charge >= 0.3 is 0 Å². The predicted molar refractivity (Wildman–Crippen MR) is 75.6 cm³/mol. The molecule has 0 heterocycles. The number of rotatable bonds is 5. The third-order valence-corrected chi connectivity index (χ3v) is 3.72. The summed E-state index contributed by atoms with van der Waals surface area (Å²) in [5.41, 5.74) is 7.33. The van der Waals surface area contributed by atoms with Crippen LogP contribution in [0.3, 0.4) is 0 Å². The SMILES string of the molecule is CCc1ccc(C(=O)NC(C)(CN)C(C)C)cc1. The molecule has 3 N–H and O–H groups in total. The Bertz CT molecular complexity index is 397. The summed E-state index contributed by atoms with van der Waals surface area (Å²) in [6.45, 7) is 8.64. The molecule has 1 aromatic rings. The molecular weight excluding hydrogens is 224 g/mol. The fraction of sp³-hybridized carbons (Fsp3) is 0.533. The van der Waals surface area contributed by atoms with Gasteiger partial charge in [0.1, 0.15) is 0 Å². The van der Waals surface area contributed by atoms with E-state index in [2.05, 4.69) is 26.1 Å². The first-order chi connectivity index (χ1) is 8.42.